The average Bonchev–Trinajstić information content (AvgIpc) is 3.24. The van der Waals surface area contributed by atoms with E-state index in [2.05, 4.69) is 25.3 Å². The molecule has 1 aliphatic heterocycles. The minimum atomic E-state index is -0.0544. The predicted molar refractivity (Wildman–Crippen MR) is 111 cm³/mol. The minimum Gasteiger partial charge on any atom is -0.497 e. The van der Waals surface area contributed by atoms with Crippen molar-refractivity contribution >= 4 is 11.8 Å². The summed E-state index contributed by atoms with van der Waals surface area (Å²) in [5.41, 5.74) is 1.84. The fourth-order valence-corrected chi connectivity index (χ4v) is 3.29. The monoisotopic (exact) mass is 408 g/mol. The number of rotatable bonds is 5. The quantitative estimate of drug-likeness (QED) is 0.693. The Morgan fingerprint density at radius 2 is 1.90 bits per heavy atom. The van der Waals surface area contributed by atoms with Crippen molar-refractivity contribution in [2.75, 3.05) is 38.2 Å². The summed E-state index contributed by atoms with van der Waals surface area (Å²) in [6.45, 7) is 4.98. The number of amides is 2. The third-order valence-electron chi connectivity index (χ3n) is 5.03. The van der Waals surface area contributed by atoms with E-state index in [1.165, 1.54) is 0 Å². The zero-order valence-electron chi connectivity index (χ0n) is 17.0. The van der Waals surface area contributed by atoms with Gasteiger partial charge < -0.3 is 24.4 Å². The van der Waals surface area contributed by atoms with Gasteiger partial charge in [-0.05, 0) is 29.8 Å². The van der Waals surface area contributed by atoms with Crippen molar-refractivity contribution in [3.63, 3.8) is 0 Å². The van der Waals surface area contributed by atoms with Crippen LogP contribution in [0.15, 0.2) is 47.1 Å². The van der Waals surface area contributed by atoms with Crippen LogP contribution >= 0.6 is 0 Å². The number of benzene rings is 1. The van der Waals surface area contributed by atoms with Gasteiger partial charge in [0, 0.05) is 51.4 Å². The largest absolute Gasteiger partial charge is 0.497 e. The van der Waals surface area contributed by atoms with Crippen LogP contribution in [0.4, 0.5) is 10.6 Å². The van der Waals surface area contributed by atoms with Gasteiger partial charge in [0.15, 0.2) is 0 Å². The van der Waals surface area contributed by atoms with Crippen LogP contribution in [0.2, 0.25) is 0 Å². The molecule has 0 spiro atoms. The molecule has 2 aromatic heterocycles. The lowest BCUT2D eigenvalue weighted by molar-refractivity contribution is 0.194. The van der Waals surface area contributed by atoms with Gasteiger partial charge in [-0.25, -0.2) is 9.78 Å². The van der Waals surface area contributed by atoms with E-state index in [9.17, 15) is 4.79 Å². The predicted octanol–water partition coefficient (Wildman–Crippen LogP) is 2.48. The molecule has 0 radical (unpaired) electrons. The molecule has 1 N–H and O–H groups in total. The Labute approximate surface area is 174 Å². The molecule has 1 aliphatic rings. The summed E-state index contributed by atoms with van der Waals surface area (Å²) < 4.78 is 10.2. The summed E-state index contributed by atoms with van der Waals surface area (Å²) in [6.07, 6.45) is 1.74. The first-order valence-electron chi connectivity index (χ1n) is 9.80. The molecule has 0 saturated carbocycles. The molecular weight excluding hydrogens is 384 g/mol. The van der Waals surface area contributed by atoms with Crippen molar-refractivity contribution in [1.82, 2.24) is 25.3 Å². The molecule has 1 fully saturated rings. The third-order valence-corrected chi connectivity index (χ3v) is 5.03. The first kappa shape index (κ1) is 19.7. The third kappa shape index (κ3) is 4.51. The Balaban J connectivity index is 1.27. The van der Waals surface area contributed by atoms with E-state index in [0.29, 0.717) is 31.3 Å². The van der Waals surface area contributed by atoms with E-state index >= 15 is 0 Å². The van der Waals surface area contributed by atoms with Crippen LogP contribution in [0.3, 0.4) is 0 Å². The molecule has 9 heteroatoms. The Morgan fingerprint density at radius 3 is 2.50 bits per heavy atom. The fourth-order valence-electron chi connectivity index (χ4n) is 3.29. The minimum absolute atomic E-state index is 0.0544. The highest BCUT2D eigenvalue weighted by Gasteiger charge is 2.22. The van der Waals surface area contributed by atoms with Gasteiger partial charge in [-0.2, -0.15) is 4.98 Å². The maximum atomic E-state index is 12.5. The van der Waals surface area contributed by atoms with Gasteiger partial charge in [0.25, 0.3) is 0 Å². The first-order valence-corrected chi connectivity index (χ1v) is 9.80. The second-order valence-corrected chi connectivity index (χ2v) is 7.02. The number of anilines is 1. The van der Waals surface area contributed by atoms with Crippen LogP contribution in [-0.4, -0.2) is 59.3 Å². The van der Waals surface area contributed by atoms with Crippen molar-refractivity contribution in [3.8, 4) is 17.1 Å². The van der Waals surface area contributed by atoms with Crippen molar-refractivity contribution in [2.45, 2.75) is 13.5 Å². The Morgan fingerprint density at radius 1 is 1.13 bits per heavy atom. The molecule has 30 heavy (non-hydrogen) atoms. The van der Waals surface area contributed by atoms with Gasteiger partial charge in [-0.1, -0.05) is 17.3 Å². The number of hydrogen-bond acceptors (Lipinski definition) is 7. The smallest absolute Gasteiger partial charge is 0.317 e. The number of hydrogen-bond donors (Lipinski definition) is 1. The Kier molecular flexibility index (Phi) is 5.78. The highest BCUT2D eigenvalue weighted by molar-refractivity contribution is 5.74. The average molecular weight is 408 g/mol. The lowest BCUT2D eigenvalue weighted by atomic mass is 10.2. The summed E-state index contributed by atoms with van der Waals surface area (Å²) in [4.78, 5) is 25.2. The van der Waals surface area contributed by atoms with Crippen molar-refractivity contribution in [2.24, 2.45) is 0 Å². The number of urea groups is 1. The van der Waals surface area contributed by atoms with Crippen LogP contribution in [0.1, 0.15) is 11.5 Å². The lowest BCUT2D eigenvalue weighted by Gasteiger charge is -2.35. The molecule has 9 nitrogen and oxygen atoms in total. The van der Waals surface area contributed by atoms with Gasteiger partial charge >= 0.3 is 6.03 Å². The molecular formula is C21H24N6O3. The highest BCUT2D eigenvalue weighted by Crippen LogP contribution is 2.19. The van der Waals surface area contributed by atoms with E-state index in [4.69, 9.17) is 9.26 Å². The zero-order chi connectivity index (χ0) is 20.9. The van der Waals surface area contributed by atoms with Crippen molar-refractivity contribution < 1.29 is 14.1 Å². The number of aryl methyl sites for hydroxylation is 1. The molecule has 156 valence electrons. The Hall–Kier alpha value is -3.62. The number of ether oxygens (including phenoxy) is 1. The van der Waals surface area contributed by atoms with Crippen LogP contribution in [0, 0.1) is 6.92 Å². The zero-order valence-corrected chi connectivity index (χ0v) is 17.0. The summed E-state index contributed by atoms with van der Waals surface area (Å²) in [5.74, 6) is 2.73. The molecule has 1 saturated heterocycles. The van der Waals surface area contributed by atoms with Gasteiger partial charge in [-0.15, -0.1) is 0 Å². The van der Waals surface area contributed by atoms with Crippen LogP contribution < -0.4 is 15.0 Å². The topological polar surface area (TPSA) is 96.6 Å². The molecule has 0 unspecified atom stereocenters. The maximum Gasteiger partial charge on any atom is 0.317 e. The van der Waals surface area contributed by atoms with E-state index in [-0.39, 0.29) is 6.03 Å². The number of pyridine rings is 1. The number of methoxy groups -OCH3 is 1. The standard InChI is InChI=1S/C21H24N6O3/c1-15-24-20(25-30-15)17-5-8-19(22-14-17)26-9-11-27(12-10-26)21(28)23-13-16-3-6-18(29-2)7-4-16/h3-8,14H,9-13H2,1-2H3,(H,23,28). The maximum absolute atomic E-state index is 12.5. The van der Waals surface area contributed by atoms with Crippen molar-refractivity contribution in [3.05, 3.63) is 54.0 Å². The van der Waals surface area contributed by atoms with E-state index in [1.807, 2.05) is 41.3 Å². The number of aromatic nitrogens is 3. The SMILES string of the molecule is COc1ccc(CNC(=O)N2CCN(c3ccc(-c4noc(C)n4)cn3)CC2)cc1. The number of nitrogens with zero attached hydrogens (tertiary/aromatic N) is 5. The number of nitrogens with one attached hydrogen (secondary N) is 1. The molecule has 1 aromatic carbocycles. The van der Waals surface area contributed by atoms with Gasteiger partial charge in [0.05, 0.1) is 7.11 Å². The molecule has 3 aromatic rings. The lowest BCUT2D eigenvalue weighted by Crippen LogP contribution is -2.51. The van der Waals surface area contributed by atoms with Crippen LogP contribution in [-0.2, 0) is 6.54 Å². The van der Waals surface area contributed by atoms with Crippen LogP contribution in [0.25, 0.3) is 11.4 Å². The van der Waals surface area contributed by atoms with Gasteiger partial charge in [0.2, 0.25) is 11.7 Å². The number of carbonyl (C=O) groups is 1. The van der Waals surface area contributed by atoms with Gasteiger partial charge in [0.1, 0.15) is 11.6 Å². The van der Waals surface area contributed by atoms with Gasteiger partial charge in [-0.3, -0.25) is 0 Å². The molecule has 3 heterocycles. The Bertz CT molecular complexity index is 979. The number of piperazine rings is 1. The second-order valence-electron chi connectivity index (χ2n) is 7.02. The molecule has 2 amide bonds. The molecule has 0 atom stereocenters. The van der Waals surface area contributed by atoms with Crippen LogP contribution in [0.5, 0.6) is 5.75 Å². The van der Waals surface area contributed by atoms with E-state index in [1.54, 1.807) is 20.2 Å². The second kappa shape index (κ2) is 8.81. The van der Waals surface area contributed by atoms with E-state index < -0.39 is 0 Å². The fraction of sp³-hybridized carbons (Fsp3) is 0.333. The normalized spacial score (nSPS) is 13.9. The van der Waals surface area contributed by atoms with Crippen molar-refractivity contribution in [1.29, 1.82) is 0 Å². The molecule has 0 aliphatic carbocycles. The van der Waals surface area contributed by atoms with E-state index in [0.717, 1.165) is 35.8 Å². The molecule has 0 bridgehead atoms. The summed E-state index contributed by atoms with van der Waals surface area (Å²) in [5, 5.41) is 6.89. The summed E-state index contributed by atoms with van der Waals surface area (Å²) in [7, 11) is 1.63. The number of carbonyl (C=O) groups excluding carboxylic acids is 1. The molecule has 4 rings (SSSR count). The summed E-state index contributed by atoms with van der Waals surface area (Å²) >= 11 is 0. The summed E-state index contributed by atoms with van der Waals surface area (Å²) in [6, 6.07) is 11.5. The first-order chi connectivity index (χ1) is 14.6. The highest BCUT2D eigenvalue weighted by atomic mass is 16.5.